The van der Waals surface area contributed by atoms with Gasteiger partial charge in [0.1, 0.15) is 0 Å². The Kier molecular flexibility index (Phi) is 3.04. The number of fused-ring (bicyclic) bond motifs is 1. The lowest BCUT2D eigenvalue weighted by atomic mass is 9.97. The van der Waals surface area contributed by atoms with Crippen molar-refractivity contribution in [1.82, 2.24) is 0 Å². The van der Waals surface area contributed by atoms with Gasteiger partial charge in [0.15, 0.2) is 0 Å². The standard InChI is InChI=1S/C14H19NS/c1-8(2)13-11-6-9(3)5-10(4)14(11)16-12(13)7-15/h5-6,8H,7,15H2,1-4H3. The van der Waals surface area contributed by atoms with Crippen molar-refractivity contribution in [2.45, 2.75) is 40.2 Å². The minimum Gasteiger partial charge on any atom is -0.326 e. The first-order chi connectivity index (χ1) is 7.54. The molecule has 0 saturated carbocycles. The summed E-state index contributed by atoms with van der Waals surface area (Å²) in [5.74, 6) is 0.550. The van der Waals surface area contributed by atoms with E-state index in [-0.39, 0.29) is 0 Å². The average Bonchev–Trinajstić information content (AvgIpc) is 2.56. The number of aryl methyl sites for hydroxylation is 2. The summed E-state index contributed by atoms with van der Waals surface area (Å²) in [6.07, 6.45) is 0. The summed E-state index contributed by atoms with van der Waals surface area (Å²) in [4.78, 5) is 1.35. The third kappa shape index (κ3) is 1.76. The van der Waals surface area contributed by atoms with E-state index in [1.54, 1.807) is 0 Å². The number of thiophene rings is 1. The first kappa shape index (κ1) is 11.6. The lowest BCUT2D eigenvalue weighted by molar-refractivity contribution is 0.859. The van der Waals surface area contributed by atoms with Crippen molar-refractivity contribution in [1.29, 1.82) is 0 Å². The predicted octanol–water partition coefficient (Wildman–Crippen LogP) is 4.10. The maximum Gasteiger partial charge on any atom is 0.0378 e. The van der Waals surface area contributed by atoms with Crippen LogP contribution >= 0.6 is 11.3 Å². The lowest BCUT2D eigenvalue weighted by Gasteiger charge is -2.07. The van der Waals surface area contributed by atoms with E-state index in [0.29, 0.717) is 12.5 Å². The van der Waals surface area contributed by atoms with Crippen LogP contribution in [0.1, 0.15) is 41.3 Å². The van der Waals surface area contributed by atoms with Crippen LogP contribution < -0.4 is 5.73 Å². The van der Waals surface area contributed by atoms with Crippen molar-refractivity contribution in [2.24, 2.45) is 5.73 Å². The van der Waals surface area contributed by atoms with Gasteiger partial charge in [-0.25, -0.2) is 0 Å². The van der Waals surface area contributed by atoms with E-state index in [1.807, 2.05) is 11.3 Å². The molecule has 2 rings (SSSR count). The molecule has 0 radical (unpaired) electrons. The molecule has 1 heterocycles. The van der Waals surface area contributed by atoms with Gasteiger partial charge in [-0.1, -0.05) is 31.5 Å². The summed E-state index contributed by atoms with van der Waals surface area (Å²) in [6.45, 7) is 9.51. The first-order valence-corrected chi connectivity index (χ1v) is 6.58. The number of hydrogen-bond donors (Lipinski definition) is 1. The number of benzene rings is 1. The van der Waals surface area contributed by atoms with E-state index in [1.165, 1.54) is 31.7 Å². The van der Waals surface area contributed by atoms with E-state index in [2.05, 4.69) is 39.8 Å². The third-order valence-electron chi connectivity index (χ3n) is 3.00. The van der Waals surface area contributed by atoms with Gasteiger partial charge in [0.05, 0.1) is 0 Å². The van der Waals surface area contributed by atoms with Crippen molar-refractivity contribution in [3.8, 4) is 0 Å². The van der Waals surface area contributed by atoms with Crippen molar-refractivity contribution >= 4 is 21.4 Å². The third-order valence-corrected chi connectivity index (χ3v) is 4.38. The molecule has 0 aliphatic rings. The highest BCUT2D eigenvalue weighted by Gasteiger charge is 2.15. The first-order valence-electron chi connectivity index (χ1n) is 5.77. The highest BCUT2D eigenvalue weighted by Crippen LogP contribution is 2.38. The molecule has 0 spiro atoms. The average molecular weight is 233 g/mol. The Labute approximate surface area is 101 Å². The molecule has 0 saturated heterocycles. The molecule has 1 nitrogen and oxygen atoms in total. The lowest BCUT2D eigenvalue weighted by Crippen LogP contribution is -1.98. The molecule has 16 heavy (non-hydrogen) atoms. The summed E-state index contributed by atoms with van der Waals surface area (Å²) in [5, 5.41) is 1.41. The highest BCUT2D eigenvalue weighted by molar-refractivity contribution is 7.19. The van der Waals surface area contributed by atoms with Crippen LogP contribution in [0.4, 0.5) is 0 Å². The SMILES string of the molecule is Cc1cc(C)c2sc(CN)c(C(C)C)c2c1. The highest BCUT2D eigenvalue weighted by atomic mass is 32.1. The van der Waals surface area contributed by atoms with E-state index in [0.717, 1.165) is 0 Å². The smallest absolute Gasteiger partial charge is 0.0378 e. The van der Waals surface area contributed by atoms with E-state index >= 15 is 0 Å². The molecule has 1 aromatic carbocycles. The fraction of sp³-hybridized carbons (Fsp3) is 0.429. The van der Waals surface area contributed by atoms with Crippen LogP contribution in [0.5, 0.6) is 0 Å². The Morgan fingerprint density at radius 3 is 2.50 bits per heavy atom. The number of nitrogens with two attached hydrogens (primary N) is 1. The van der Waals surface area contributed by atoms with Crippen LogP contribution in [0.3, 0.4) is 0 Å². The van der Waals surface area contributed by atoms with Crippen molar-refractivity contribution in [2.75, 3.05) is 0 Å². The summed E-state index contributed by atoms with van der Waals surface area (Å²) < 4.78 is 1.41. The summed E-state index contributed by atoms with van der Waals surface area (Å²) in [6, 6.07) is 4.55. The van der Waals surface area contributed by atoms with Gasteiger partial charge in [0.2, 0.25) is 0 Å². The molecule has 2 heteroatoms. The van der Waals surface area contributed by atoms with Crippen molar-refractivity contribution < 1.29 is 0 Å². The zero-order chi connectivity index (χ0) is 11.9. The van der Waals surface area contributed by atoms with Gasteiger partial charge in [-0.05, 0) is 36.3 Å². The normalized spacial score (nSPS) is 11.6. The van der Waals surface area contributed by atoms with Gasteiger partial charge in [-0.15, -0.1) is 11.3 Å². The molecule has 0 unspecified atom stereocenters. The molecule has 0 aliphatic carbocycles. The van der Waals surface area contributed by atoms with Crippen LogP contribution in [0.15, 0.2) is 12.1 Å². The quantitative estimate of drug-likeness (QED) is 0.830. The van der Waals surface area contributed by atoms with Crippen molar-refractivity contribution in [3.63, 3.8) is 0 Å². The molecule has 0 amide bonds. The zero-order valence-electron chi connectivity index (χ0n) is 10.4. The molecule has 2 N–H and O–H groups in total. The van der Waals surface area contributed by atoms with Crippen LogP contribution in [-0.4, -0.2) is 0 Å². The van der Waals surface area contributed by atoms with Crippen LogP contribution in [-0.2, 0) is 6.54 Å². The minimum atomic E-state index is 0.550. The Bertz CT molecular complexity index is 523. The van der Waals surface area contributed by atoms with Crippen LogP contribution in [0, 0.1) is 13.8 Å². The van der Waals surface area contributed by atoms with Gasteiger partial charge in [-0.2, -0.15) is 0 Å². The topological polar surface area (TPSA) is 26.0 Å². The maximum absolute atomic E-state index is 5.85. The fourth-order valence-electron chi connectivity index (χ4n) is 2.40. The second-order valence-electron chi connectivity index (χ2n) is 4.76. The van der Waals surface area contributed by atoms with Gasteiger partial charge >= 0.3 is 0 Å². The Hall–Kier alpha value is -0.860. The molecule has 0 atom stereocenters. The van der Waals surface area contributed by atoms with E-state index in [4.69, 9.17) is 5.73 Å². The number of rotatable bonds is 2. The largest absolute Gasteiger partial charge is 0.326 e. The Morgan fingerprint density at radius 2 is 1.94 bits per heavy atom. The molecule has 1 aromatic heterocycles. The van der Waals surface area contributed by atoms with Crippen LogP contribution in [0.2, 0.25) is 0 Å². The summed E-state index contributed by atoms with van der Waals surface area (Å²) in [5.41, 5.74) is 10.0. The van der Waals surface area contributed by atoms with E-state index < -0.39 is 0 Å². The zero-order valence-corrected chi connectivity index (χ0v) is 11.2. The van der Waals surface area contributed by atoms with Gasteiger partial charge in [0, 0.05) is 16.1 Å². The maximum atomic E-state index is 5.85. The van der Waals surface area contributed by atoms with Gasteiger partial charge in [-0.3, -0.25) is 0 Å². The van der Waals surface area contributed by atoms with Gasteiger partial charge in [0.25, 0.3) is 0 Å². The molecule has 0 aliphatic heterocycles. The summed E-state index contributed by atoms with van der Waals surface area (Å²) in [7, 11) is 0. The molecular formula is C14H19NS. The van der Waals surface area contributed by atoms with Crippen LogP contribution in [0.25, 0.3) is 10.1 Å². The van der Waals surface area contributed by atoms with Crippen molar-refractivity contribution in [3.05, 3.63) is 33.7 Å². The monoisotopic (exact) mass is 233 g/mol. The van der Waals surface area contributed by atoms with Gasteiger partial charge < -0.3 is 5.73 Å². The molecule has 2 aromatic rings. The Morgan fingerprint density at radius 1 is 1.25 bits per heavy atom. The molecule has 86 valence electrons. The minimum absolute atomic E-state index is 0.550. The number of hydrogen-bond acceptors (Lipinski definition) is 2. The second-order valence-corrected chi connectivity index (χ2v) is 5.86. The second kappa shape index (κ2) is 4.19. The predicted molar refractivity (Wildman–Crippen MR) is 73.3 cm³/mol. The molecular weight excluding hydrogens is 214 g/mol. The molecule has 0 bridgehead atoms. The molecule has 0 fully saturated rings. The summed E-state index contributed by atoms with van der Waals surface area (Å²) >= 11 is 1.86. The fourth-order valence-corrected chi connectivity index (χ4v) is 3.69. The van der Waals surface area contributed by atoms with E-state index in [9.17, 15) is 0 Å². The Balaban J connectivity index is 2.84.